The Hall–Kier alpha value is -2.88. The normalized spacial score (nSPS) is 11.3. The smallest absolute Gasteiger partial charge is 0.276 e. The zero-order valence-electron chi connectivity index (χ0n) is 17.8. The van der Waals surface area contributed by atoms with Crippen LogP contribution < -0.4 is 16.0 Å². The maximum Gasteiger partial charge on any atom is 0.276 e. The summed E-state index contributed by atoms with van der Waals surface area (Å²) in [7, 11) is -2.69. The summed E-state index contributed by atoms with van der Waals surface area (Å²) in [5.41, 5.74) is 10.1. The molecule has 0 spiro atoms. The first kappa shape index (κ1) is 23.8. The van der Waals surface area contributed by atoms with Gasteiger partial charge >= 0.3 is 0 Å². The van der Waals surface area contributed by atoms with Crippen molar-refractivity contribution < 1.29 is 23.2 Å². The Labute approximate surface area is 195 Å². The lowest BCUT2D eigenvalue weighted by atomic mass is 9.91. The third-order valence-corrected chi connectivity index (χ3v) is 8.14. The number of rotatable bonds is 6. The lowest BCUT2D eigenvalue weighted by Crippen LogP contribution is -2.26. The number of nitrogen functional groups attached to an aromatic ring is 1. The van der Waals surface area contributed by atoms with Gasteiger partial charge in [0, 0.05) is 10.2 Å². The van der Waals surface area contributed by atoms with E-state index in [-0.39, 0.29) is 33.0 Å². The van der Waals surface area contributed by atoms with Gasteiger partial charge in [-0.25, -0.2) is 13.9 Å². The molecule has 0 radical (unpaired) electrons. The van der Waals surface area contributed by atoms with Crippen LogP contribution in [-0.4, -0.2) is 26.6 Å². The molecule has 0 bridgehead atoms. The molecular formula is C23H23BrN2O5S. The molecule has 4 N–H and O–H groups in total. The Morgan fingerprint density at radius 1 is 1.09 bits per heavy atom. The van der Waals surface area contributed by atoms with E-state index in [1.165, 1.54) is 31.4 Å². The van der Waals surface area contributed by atoms with Crippen LogP contribution in [0.2, 0.25) is 0 Å². The molecule has 0 atom stereocenters. The van der Waals surface area contributed by atoms with Crippen molar-refractivity contribution in [3.8, 4) is 5.75 Å². The number of nitrogens with two attached hydrogens (primary N) is 1. The number of hydrogen-bond acceptors (Lipinski definition) is 6. The summed E-state index contributed by atoms with van der Waals surface area (Å²) in [6, 6.07) is 13.2. The van der Waals surface area contributed by atoms with Gasteiger partial charge in [0.05, 0.1) is 22.5 Å². The molecule has 0 aliphatic heterocycles. The fraction of sp³-hybridized carbons (Fsp3) is 0.174. The molecule has 3 aromatic carbocycles. The highest BCUT2D eigenvalue weighted by Crippen LogP contribution is 2.37. The summed E-state index contributed by atoms with van der Waals surface area (Å²) in [5, 5.41) is 9.46. The van der Waals surface area contributed by atoms with E-state index in [4.69, 9.17) is 10.5 Å². The predicted octanol–water partition coefficient (Wildman–Crippen LogP) is 4.20. The Morgan fingerprint density at radius 2 is 1.72 bits per heavy atom. The standard InChI is InChI=1S/C23H23BrN2O5S/c1-13-18(12-15-6-4-5-7-19(15)24)20(23(27)26-28)22(14(2)21(13)25)32(29,30)17-10-8-16(31-3)9-11-17/h4-11,28H,12,25H2,1-3H3,(H,26,27). The number of sulfone groups is 1. The molecule has 0 unspecified atom stereocenters. The maximum absolute atomic E-state index is 13.7. The van der Waals surface area contributed by atoms with E-state index in [0.29, 0.717) is 16.9 Å². The number of ether oxygens (including phenoxy) is 1. The van der Waals surface area contributed by atoms with E-state index in [1.807, 2.05) is 24.3 Å². The van der Waals surface area contributed by atoms with E-state index in [9.17, 15) is 18.4 Å². The van der Waals surface area contributed by atoms with Crippen LogP contribution in [0.25, 0.3) is 0 Å². The van der Waals surface area contributed by atoms with Crippen LogP contribution in [0.5, 0.6) is 5.75 Å². The quantitative estimate of drug-likeness (QED) is 0.255. The third-order valence-electron chi connectivity index (χ3n) is 5.42. The Balaban J connectivity index is 2.35. The molecule has 0 aromatic heterocycles. The maximum atomic E-state index is 13.7. The van der Waals surface area contributed by atoms with Crippen LogP contribution in [0.3, 0.4) is 0 Å². The van der Waals surface area contributed by atoms with Crippen molar-refractivity contribution in [1.29, 1.82) is 0 Å². The number of nitrogens with one attached hydrogen (secondary N) is 1. The zero-order chi connectivity index (χ0) is 23.6. The summed E-state index contributed by atoms with van der Waals surface area (Å²) in [5.74, 6) is -0.433. The summed E-state index contributed by atoms with van der Waals surface area (Å²) in [4.78, 5) is 12.6. The number of anilines is 1. The monoisotopic (exact) mass is 518 g/mol. The van der Waals surface area contributed by atoms with Gasteiger partial charge in [0.15, 0.2) is 0 Å². The molecule has 168 valence electrons. The van der Waals surface area contributed by atoms with Crippen LogP contribution in [0, 0.1) is 13.8 Å². The average Bonchev–Trinajstić information content (AvgIpc) is 2.79. The van der Waals surface area contributed by atoms with Crippen molar-refractivity contribution in [2.45, 2.75) is 30.1 Å². The van der Waals surface area contributed by atoms with Gasteiger partial charge in [0.1, 0.15) is 5.75 Å². The minimum Gasteiger partial charge on any atom is -0.497 e. The van der Waals surface area contributed by atoms with E-state index in [2.05, 4.69) is 15.9 Å². The van der Waals surface area contributed by atoms with E-state index in [0.717, 1.165) is 10.0 Å². The molecular weight excluding hydrogens is 496 g/mol. The van der Waals surface area contributed by atoms with Crippen LogP contribution >= 0.6 is 15.9 Å². The number of hydroxylamine groups is 1. The van der Waals surface area contributed by atoms with Gasteiger partial charge < -0.3 is 10.5 Å². The number of hydrogen-bond donors (Lipinski definition) is 3. The summed E-state index contributed by atoms with van der Waals surface area (Å²) >= 11 is 3.49. The Kier molecular flexibility index (Phi) is 6.92. The van der Waals surface area contributed by atoms with Crippen molar-refractivity contribution in [3.63, 3.8) is 0 Å². The number of amides is 1. The number of carbonyl (C=O) groups is 1. The largest absolute Gasteiger partial charge is 0.497 e. The first-order valence-corrected chi connectivity index (χ1v) is 11.9. The SMILES string of the molecule is COc1ccc(S(=O)(=O)c2c(C)c(N)c(C)c(Cc3ccccc3Br)c2C(=O)NO)cc1. The highest BCUT2D eigenvalue weighted by Gasteiger charge is 2.32. The predicted molar refractivity (Wildman–Crippen MR) is 125 cm³/mol. The summed E-state index contributed by atoms with van der Waals surface area (Å²) in [6.45, 7) is 3.28. The van der Waals surface area contributed by atoms with Crippen molar-refractivity contribution in [2.24, 2.45) is 0 Å². The number of benzene rings is 3. The van der Waals surface area contributed by atoms with E-state index < -0.39 is 15.7 Å². The molecule has 0 aliphatic carbocycles. The highest BCUT2D eigenvalue weighted by molar-refractivity contribution is 9.10. The average molecular weight is 519 g/mol. The topological polar surface area (TPSA) is 119 Å². The molecule has 3 aromatic rings. The lowest BCUT2D eigenvalue weighted by Gasteiger charge is -2.22. The second-order valence-corrected chi connectivity index (χ2v) is 9.98. The molecule has 0 saturated heterocycles. The number of methoxy groups -OCH3 is 1. The third kappa shape index (κ3) is 4.23. The highest BCUT2D eigenvalue weighted by atomic mass is 79.9. The van der Waals surface area contributed by atoms with Gasteiger partial charge in [-0.3, -0.25) is 10.0 Å². The van der Waals surface area contributed by atoms with Crippen LogP contribution in [0.4, 0.5) is 5.69 Å². The zero-order valence-corrected chi connectivity index (χ0v) is 20.2. The fourth-order valence-corrected chi connectivity index (χ4v) is 5.79. The Morgan fingerprint density at radius 3 is 2.28 bits per heavy atom. The second-order valence-electron chi connectivity index (χ2n) is 7.23. The molecule has 0 saturated carbocycles. The van der Waals surface area contributed by atoms with Crippen molar-refractivity contribution in [3.05, 3.63) is 80.8 Å². The first-order valence-electron chi connectivity index (χ1n) is 9.62. The Bertz CT molecular complexity index is 1290. The molecule has 32 heavy (non-hydrogen) atoms. The fourth-order valence-electron chi connectivity index (χ4n) is 3.64. The van der Waals surface area contributed by atoms with Gasteiger partial charge in [0.25, 0.3) is 5.91 Å². The van der Waals surface area contributed by atoms with Crippen molar-refractivity contribution in [1.82, 2.24) is 5.48 Å². The van der Waals surface area contributed by atoms with Crippen molar-refractivity contribution in [2.75, 3.05) is 12.8 Å². The van der Waals surface area contributed by atoms with Gasteiger partial charge in [-0.05, 0) is 72.9 Å². The summed E-state index contributed by atoms with van der Waals surface area (Å²) in [6.07, 6.45) is 0.228. The van der Waals surface area contributed by atoms with Crippen LogP contribution in [-0.2, 0) is 16.3 Å². The second kappa shape index (κ2) is 9.32. The van der Waals surface area contributed by atoms with Crippen molar-refractivity contribution >= 4 is 37.4 Å². The van der Waals surface area contributed by atoms with Crippen LogP contribution in [0.1, 0.15) is 32.6 Å². The molecule has 0 fully saturated rings. The molecule has 0 heterocycles. The van der Waals surface area contributed by atoms with E-state index >= 15 is 0 Å². The number of halogens is 1. The lowest BCUT2D eigenvalue weighted by molar-refractivity contribution is 0.0701. The van der Waals surface area contributed by atoms with E-state index in [1.54, 1.807) is 19.3 Å². The first-order chi connectivity index (χ1) is 15.1. The molecule has 7 nitrogen and oxygen atoms in total. The van der Waals surface area contributed by atoms with Gasteiger partial charge in [-0.2, -0.15) is 0 Å². The minimum absolute atomic E-state index is 0.0246. The summed E-state index contributed by atoms with van der Waals surface area (Å²) < 4.78 is 33.2. The van der Waals surface area contributed by atoms with Crippen LogP contribution in [0.15, 0.2) is 62.8 Å². The minimum atomic E-state index is -4.16. The molecule has 1 amide bonds. The van der Waals surface area contributed by atoms with Gasteiger partial charge in [-0.15, -0.1) is 0 Å². The molecule has 9 heteroatoms. The molecule has 0 aliphatic rings. The molecule has 3 rings (SSSR count). The number of carbonyl (C=O) groups excluding carboxylic acids is 1. The van der Waals surface area contributed by atoms with Gasteiger partial charge in [0.2, 0.25) is 9.84 Å². The van der Waals surface area contributed by atoms with Gasteiger partial charge in [-0.1, -0.05) is 34.1 Å².